The van der Waals surface area contributed by atoms with E-state index in [9.17, 15) is 13.2 Å². The van der Waals surface area contributed by atoms with Gasteiger partial charge in [-0.05, 0) is 17.9 Å². The molecule has 86 valence electrons. The fraction of sp³-hybridized carbons (Fsp3) is 0.556. The second-order valence-corrected chi connectivity index (χ2v) is 3.74. The van der Waals surface area contributed by atoms with Crippen LogP contribution < -0.4 is 5.32 Å². The number of hydrogen-bond acceptors (Lipinski definition) is 3. The summed E-state index contributed by atoms with van der Waals surface area (Å²) in [6.45, 7) is -0.420. The van der Waals surface area contributed by atoms with Gasteiger partial charge in [0.1, 0.15) is 6.61 Å². The Morgan fingerprint density at radius 2 is 2.20 bits per heavy atom. The van der Waals surface area contributed by atoms with Crippen LogP contribution in [0.1, 0.15) is 6.42 Å². The molecule has 1 aromatic heterocycles. The Bertz CT molecular complexity index is 261. The Morgan fingerprint density at radius 3 is 2.80 bits per heavy atom. The molecule has 0 fully saturated rings. The SMILES string of the molecule is FC(F)(F)COCCCNc1ccsc1. The highest BCUT2D eigenvalue weighted by atomic mass is 32.1. The monoisotopic (exact) mass is 239 g/mol. The molecular weight excluding hydrogens is 227 g/mol. The summed E-state index contributed by atoms with van der Waals surface area (Å²) in [5.74, 6) is 0. The van der Waals surface area contributed by atoms with Gasteiger partial charge in [0.25, 0.3) is 0 Å². The van der Waals surface area contributed by atoms with Crippen LogP contribution in [0.15, 0.2) is 16.8 Å². The lowest BCUT2D eigenvalue weighted by atomic mass is 10.4. The second-order valence-electron chi connectivity index (χ2n) is 2.96. The number of rotatable bonds is 6. The number of thiophene rings is 1. The van der Waals surface area contributed by atoms with E-state index < -0.39 is 12.8 Å². The van der Waals surface area contributed by atoms with Crippen molar-refractivity contribution in [2.24, 2.45) is 0 Å². The van der Waals surface area contributed by atoms with Crippen LogP contribution in [0.2, 0.25) is 0 Å². The molecule has 0 atom stereocenters. The van der Waals surface area contributed by atoms with Gasteiger partial charge in [0.15, 0.2) is 0 Å². The highest BCUT2D eigenvalue weighted by Crippen LogP contribution is 2.14. The quantitative estimate of drug-likeness (QED) is 0.770. The van der Waals surface area contributed by atoms with Crippen LogP contribution >= 0.6 is 11.3 Å². The summed E-state index contributed by atoms with van der Waals surface area (Å²) in [6.07, 6.45) is -3.66. The predicted molar refractivity (Wildman–Crippen MR) is 54.3 cm³/mol. The van der Waals surface area contributed by atoms with Gasteiger partial charge in [-0.25, -0.2) is 0 Å². The first kappa shape index (κ1) is 12.3. The minimum absolute atomic E-state index is 0.122. The van der Waals surface area contributed by atoms with Gasteiger partial charge in [0.05, 0.1) is 0 Å². The zero-order chi connectivity index (χ0) is 11.1. The van der Waals surface area contributed by atoms with Crippen molar-refractivity contribution in [1.82, 2.24) is 0 Å². The Kier molecular flexibility index (Phi) is 4.90. The zero-order valence-corrected chi connectivity index (χ0v) is 8.83. The Hall–Kier alpha value is -0.750. The summed E-state index contributed by atoms with van der Waals surface area (Å²) in [4.78, 5) is 0. The van der Waals surface area contributed by atoms with Crippen molar-refractivity contribution in [2.45, 2.75) is 12.6 Å². The number of ether oxygens (including phenoxy) is 1. The number of alkyl halides is 3. The van der Waals surface area contributed by atoms with Crippen molar-refractivity contribution >= 4 is 17.0 Å². The molecule has 1 heterocycles. The van der Waals surface area contributed by atoms with E-state index in [1.807, 2.05) is 16.8 Å². The lowest BCUT2D eigenvalue weighted by molar-refractivity contribution is -0.173. The minimum atomic E-state index is -4.22. The summed E-state index contributed by atoms with van der Waals surface area (Å²) < 4.78 is 39.4. The molecule has 2 nitrogen and oxygen atoms in total. The molecule has 0 radical (unpaired) electrons. The maximum Gasteiger partial charge on any atom is 0.411 e. The number of anilines is 1. The normalized spacial score (nSPS) is 11.7. The molecule has 0 amide bonds. The van der Waals surface area contributed by atoms with Gasteiger partial charge >= 0.3 is 6.18 Å². The molecule has 0 aliphatic carbocycles. The molecule has 0 bridgehead atoms. The van der Waals surface area contributed by atoms with Crippen LogP contribution in [0, 0.1) is 0 Å². The second kappa shape index (κ2) is 5.97. The highest BCUT2D eigenvalue weighted by molar-refractivity contribution is 7.08. The zero-order valence-electron chi connectivity index (χ0n) is 8.01. The molecule has 1 rings (SSSR count). The number of nitrogens with one attached hydrogen (secondary N) is 1. The Balaban J connectivity index is 1.94. The standard InChI is InChI=1S/C9H12F3NOS/c10-9(11,12)7-14-4-1-3-13-8-2-5-15-6-8/h2,5-6,13H,1,3-4,7H2. The summed E-state index contributed by atoms with van der Waals surface area (Å²) >= 11 is 1.57. The fourth-order valence-electron chi connectivity index (χ4n) is 0.960. The van der Waals surface area contributed by atoms with E-state index in [-0.39, 0.29) is 6.61 Å². The average molecular weight is 239 g/mol. The third-order valence-electron chi connectivity index (χ3n) is 1.58. The molecule has 0 saturated carbocycles. The van der Waals surface area contributed by atoms with E-state index >= 15 is 0 Å². The molecule has 0 unspecified atom stereocenters. The van der Waals surface area contributed by atoms with E-state index in [1.54, 1.807) is 11.3 Å². The summed E-state index contributed by atoms with van der Waals surface area (Å²) in [5, 5.41) is 6.95. The third-order valence-corrected chi connectivity index (χ3v) is 2.26. The van der Waals surface area contributed by atoms with Crippen molar-refractivity contribution in [3.8, 4) is 0 Å². The van der Waals surface area contributed by atoms with Gasteiger partial charge in [0, 0.05) is 24.2 Å². The van der Waals surface area contributed by atoms with E-state index in [2.05, 4.69) is 10.1 Å². The molecule has 6 heteroatoms. The fourth-order valence-corrected chi connectivity index (χ4v) is 1.57. The van der Waals surface area contributed by atoms with E-state index in [0.717, 1.165) is 5.69 Å². The topological polar surface area (TPSA) is 21.3 Å². The van der Waals surface area contributed by atoms with Gasteiger partial charge in [0.2, 0.25) is 0 Å². The summed E-state index contributed by atoms with van der Waals surface area (Å²) in [6, 6.07) is 1.92. The molecule has 15 heavy (non-hydrogen) atoms. The summed E-state index contributed by atoms with van der Waals surface area (Å²) in [7, 11) is 0. The first-order chi connectivity index (χ1) is 7.08. The Morgan fingerprint density at radius 1 is 1.40 bits per heavy atom. The largest absolute Gasteiger partial charge is 0.411 e. The molecule has 0 aliphatic heterocycles. The number of halogens is 3. The van der Waals surface area contributed by atoms with Crippen LogP contribution in [0.25, 0.3) is 0 Å². The minimum Gasteiger partial charge on any atom is -0.384 e. The summed E-state index contributed by atoms with van der Waals surface area (Å²) in [5.41, 5.74) is 0.996. The van der Waals surface area contributed by atoms with Gasteiger partial charge < -0.3 is 10.1 Å². The van der Waals surface area contributed by atoms with Crippen LogP contribution in [0.4, 0.5) is 18.9 Å². The highest BCUT2D eigenvalue weighted by Gasteiger charge is 2.27. The molecular formula is C9H12F3NOS. The lowest BCUT2D eigenvalue weighted by Crippen LogP contribution is -2.18. The van der Waals surface area contributed by atoms with Gasteiger partial charge in [-0.15, -0.1) is 0 Å². The van der Waals surface area contributed by atoms with E-state index in [1.165, 1.54) is 0 Å². The first-order valence-electron chi connectivity index (χ1n) is 4.48. The van der Waals surface area contributed by atoms with Crippen molar-refractivity contribution in [3.63, 3.8) is 0 Å². The predicted octanol–water partition coefficient (Wildman–Crippen LogP) is 3.13. The molecule has 1 aromatic rings. The van der Waals surface area contributed by atoms with E-state index in [0.29, 0.717) is 13.0 Å². The van der Waals surface area contributed by atoms with Gasteiger partial charge in [-0.1, -0.05) is 0 Å². The van der Waals surface area contributed by atoms with Gasteiger partial charge in [-0.2, -0.15) is 24.5 Å². The van der Waals surface area contributed by atoms with Crippen molar-refractivity contribution in [1.29, 1.82) is 0 Å². The van der Waals surface area contributed by atoms with Crippen LogP contribution in [-0.4, -0.2) is 25.9 Å². The molecule has 1 N–H and O–H groups in total. The maximum atomic E-state index is 11.6. The molecule has 0 aliphatic rings. The molecule has 0 aromatic carbocycles. The van der Waals surface area contributed by atoms with Gasteiger partial charge in [-0.3, -0.25) is 0 Å². The smallest absolute Gasteiger partial charge is 0.384 e. The van der Waals surface area contributed by atoms with Crippen molar-refractivity contribution < 1.29 is 17.9 Å². The average Bonchev–Trinajstić information content (AvgIpc) is 2.61. The third kappa shape index (κ3) is 6.35. The van der Waals surface area contributed by atoms with E-state index in [4.69, 9.17) is 0 Å². The Labute approximate surface area is 90.1 Å². The lowest BCUT2D eigenvalue weighted by Gasteiger charge is -2.07. The number of hydrogen-bond donors (Lipinski definition) is 1. The van der Waals surface area contributed by atoms with Crippen LogP contribution in [0.3, 0.4) is 0 Å². The van der Waals surface area contributed by atoms with Crippen LogP contribution in [0.5, 0.6) is 0 Å². The maximum absolute atomic E-state index is 11.6. The van der Waals surface area contributed by atoms with Crippen LogP contribution in [-0.2, 0) is 4.74 Å². The molecule has 0 saturated heterocycles. The molecule has 0 spiro atoms. The van der Waals surface area contributed by atoms with Crippen molar-refractivity contribution in [2.75, 3.05) is 25.1 Å². The first-order valence-corrected chi connectivity index (χ1v) is 5.43. The van der Waals surface area contributed by atoms with Crippen molar-refractivity contribution in [3.05, 3.63) is 16.8 Å².